The normalized spacial score (nSPS) is 22.6. The molecule has 142 valence electrons. The van der Waals surface area contributed by atoms with Crippen LogP contribution in [0.25, 0.3) is 10.4 Å². The van der Waals surface area contributed by atoms with Crippen LogP contribution in [-0.2, 0) is 0 Å². The fourth-order valence-electron chi connectivity index (χ4n) is 4.11. The molecule has 5 rings (SSSR count). The van der Waals surface area contributed by atoms with Crippen LogP contribution in [0, 0.1) is 17.7 Å². The molecule has 1 saturated heterocycles. The second kappa shape index (κ2) is 6.95. The number of urea groups is 1. The van der Waals surface area contributed by atoms with Gasteiger partial charge < -0.3 is 15.5 Å². The summed E-state index contributed by atoms with van der Waals surface area (Å²) in [6.45, 7) is 1.80. The number of piperidine rings is 1. The van der Waals surface area contributed by atoms with Crippen molar-refractivity contribution in [2.24, 2.45) is 11.8 Å². The highest BCUT2D eigenvalue weighted by atomic mass is 32.1. The summed E-state index contributed by atoms with van der Waals surface area (Å²) in [5.41, 5.74) is 2.94. The lowest BCUT2D eigenvalue weighted by atomic mass is 10.1. The molecule has 2 aromatic carbocycles. The first-order valence-corrected chi connectivity index (χ1v) is 10.3. The minimum absolute atomic E-state index is 0.156. The quantitative estimate of drug-likeness (QED) is 0.668. The number of carbonyl (C=O) groups excluding carboxylic acids is 1. The van der Waals surface area contributed by atoms with Gasteiger partial charge in [-0.1, -0.05) is 18.2 Å². The average Bonchev–Trinajstić information content (AvgIpc) is 3.14. The fraction of sp³-hybridized carbons (Fsp3) is 0.227. The molecule has 2 amide bonds. The molecule has 0 spiro atoms. The molecule has 2 fully saturated rings. The first-order valence-electron chi connectivity index (χ1n) is 9.39. The number of anilines is 2. The van der Waals surface area contributed by atoms with Gasteiger partial charge in [-0.2, -0.15) is 0 Å². The number of carbonyl (C=O) groups is 1. The number of benzene rings is 2. The molecule has 1 aromatic heterocycles. The molecule has 1 aliphatic heterocycles. The van der Waals surface area contributed by atoms with Crippen molar-refractivity contribution in [2.45, 2.75) is 6.04 Å². The molecule has 2 N–H and O–H groups in total. The van der Waals surface area contributed by atoms with Crippen LogP contribution in [0.15, 0.2) is 66.0 Å². The summed E-state index contributed by atoms with van der Waals surface area (Å²) < 4.78 is 13.1. The van der Waals surface area contributed by atoms with Crippen LogP contribution in [0.2, 0.25) is 0 Å². The van der Waals surface area contributed by atoms with Crippen molar-refractivity contribution in [1.29, 1.82) is 0 Å². The number of nitrogens with one attached hydrogen (secondary N) is 2. The largest absolute Gasteiger partial charge is 0.371 e. The van der Waals surface area contributed by atoms with Gasteiger partial charge in [-0.15, -0.1) is 11.3 Å². The highest BCUT2D eigenvalue weighted by molar-refractivity contribution is 7.13. The summed E-state index contributed by atoms with van der Waals surface area (Å²) in [7, 11) is 0. The maximum Gasteiger partial charge on any atom is 0.319 e. The van der Waals surface area contributed by atoms with Crippen LogP contribution in [0.5, 0.6) is 0 Å². The third-order valence-corrected chi connectivity index (χ3v) is 6.53. The molecule has 28 heavy (non-hydrogen) atoms. The summed E-state index contributed by atoms with van der Waals surface area (Å²) in [6.07, 6.45) is 0. The van der Waals surface area contributed by atoms with Gasteiger partial charge in [-0.05, 0) is 53.4 Å². The molecule has 6 heteroatoms. The van der Waals surface area contributed by atoms with Crippen LogP contribution in [0.3, 0.4) is 0 Å². The van der Waals surface area contributed by atoms with Gasteiger partial charge in [0.1, 0.15) is 5.82 Å². The van der Waals surface area contributed by atoms with Crippen molar-refractivity contribution in [3.63, 3.8) is 0 Å². The Kier molecular flexibility index (Phi) is 4.28. The third-order valence-electron chi connectivity index (χ3n) is 5.61. The molecular formula is C22H20FN3OS. The Bertz CT molecular complexity index is 977. The third kappa shape index (κ3) is 3.36. The van der Waals surface area contributed by atoms with E-state index in [4.69, 9.17) is 0 Å². The van der Waals surface area contributed by atoms with E-state index in [0.717, 1.165) is 30.0 Å². The van der Waals surface area contributed by atoms with E-state index in [1.54, 1.807) is 11.3 Å². The van der Waals surface area contributed by atoms with Gasteiger partial charge in [0.15, 0.2) is 0 Å². The lowest BCUT2D eigenvalue weighted by molar-refractivity contribution is 0.250. The first-order chi connectivity index (χ1) is 13.7. The molecule has 0 bridgehead atoms. The Labute approximate surface area is 167 Å². The molecular weight excluding hydrogens is 373 g/mol. The SMILES string of the molecule is O=C(Nc1cccc(-c2cccs2)c1)NC1C2CN(c3ccc(F)cc3)CC21. The Hall–Kier alpha value is -2.86. The van der Waals surface area contributed by atoms with Crippen molar-refractivity contribution in [1.82, 2.24) is 5.32 Å². The van der Waals surface area contributed by atoms with Crippen LogP contribution in [0.4, 0.5) is 20.6 Å². The molecule has 2 atom stereocenters. The predicted octanol–water partition coefficient (Wildman–Crippen LogP) is 4.81. The van der Waals surface area contributed by atoms with Gasteiger partial charge in [0.25, 0.3) is 0 Å². The van der Waals surface area contributed by atoms with Crippen LogP contribution < -0.4 is 15.5 Å². The number of thiophene rings is 1. The minimum Gasteiger partial charge on any atom is -0.371 e. The maximum atomic E-state index is 13.1. The Balaban J connectivity index is 1.15. The number of rotatable bonds is 4. The van der Waals surface area contributed by atoms with E-state index in [1.807, 2.05) is 47.8 Å². The van der Waals surface area contributed by atoms with Crippen molar-refractivity contribution in [3.8, 4) is 10.4 Å². The molecule has 1 saturated carbocycles. The summed E-state index contributed by atoms with van der Waals surface area (Å²) in [4.78, 5) is 15.8. The molecule has 0 radical (unpaired) electrons. The molecule has 2 unspecified atom stereocenters. The molecule has 4 nitrogen and oxygen atoms in total. The minimum atomic E-state index is -0.215. The molecule has 3 aromatic rings. The second-order valence-electron chi connectivity index (χ2n) is 7.39. The maximum absolute atomic E-state index is 13.1. The van der Waals surface area contributed by atoms with Crippen LogP contribution >= 0.6 is 11.3 Å². The van der Waals surface area contributed by atoms with Crippen molar-refractivity contribution in [3.05, 3.63) is 71.9 Å². The molecule has 2 aliphatic rings. The zero-order chi connectivity index (χ0) is 19.1. The second-order valence-corrected chi connectivity index (χ2v) is 8.34. The smallest absolute Gasteiger partial charge is 0.319 e. The number of nitrogens with zero attached hydrogens (tertiary/aromatic N) is 1. The number of amides is 2. The van der Waals surface area contributed by atoms with E-state index < -0.39 is 0 Å². The van der Waals surface area contributed by atoms with Gasteiger partial charge in [0, 0.05) is 47.2 Å². The highest BCUT2D eigenvalue weighted by Crippen LogP contribution is 2.46. The lowest BCUT2D eigenvalue weighted by Crippen LogP contribution is -2.37. The summed E-state index contributed by atoms with van der Waals surface area (Å²) in [6, 6.07) is 18.7. The lowest BCUT2D eigenvalue weighted by Gasteiger charge is -2.22. The van der Waals surface area contributed by atoms with E-state index >= 15 is 0 Å². The summed E-state index contributed by atoms with van der Waals surface area (Å²) in [5.74, 6) is 0.717. The monoisotopic (exact) mass is 393 g/mol. The van der Waals surface area contributed by atoms with Gasteiger partial charge in [0.2, 0.25) is 0 Å². The van der Waals surface area contributed by atoms with Crippen LogP contribution in [0.1, 0.15) is 0 Å². The van der Waals surface area contributed by atoms with E-state index in [0.29, 0.717) is 11.8 Å². The number of hydrogen-bond donors (Lipinski definition) is 2. The average molecular weight is 393 g/mol. The van der Waals surface area contributed by atoms with Gasteiger partial charge in [0.05, 0.1) is 0 Å². The Morgan fingerprint density at radius 3 is 2.54 bits per heavy atom. The highest BCUT2D eigenvalue weighted by Gasteiger charge is 2.56. The van der Waals surface area contributed by atoms with Crippen molar-refractivity contribution in [2.75, 3.05) is 23.3 Å². The van der Waals surface area contributed by atoms with Gasteiger partial charge in [-0.25, -0.2) is 9.18 Å². The zero-order valence-electron chi connectivity index (χ0n) is 15.1. The Morgan fingerprint density at radius 1 is 1.04 bits per heavy atom. The van der Waals surface area contributed by atoms with E-state index in [9.17, 15) is 9.18 Å². The van der Waals surface area contributed by atoms with E-state index in [1.165, 1.54) is 17.0 Å². The Morgan fingerprint density at radius 2 is 1.82 bits per heavy atom. The van der Waals surface area contributed by atoms with E-state index in [2.05, 4.69) is 21.6 Å². The summed E-state index contributed by atoms with van der Waals surface area (Å²) >= 11 is 1.68. The van der Waals surface area contributed by atoms with Gasteiger partial charge in [-0.3, -0.25) is 0 Å². The zero-order valence-corrected chi connectivity index (χ0v) is 16.0. The van der Waals surface area contributed by atoms with E-state index in [-0.39, 0.29) is 17.9 Å². The number of halogens is 1. The molecule has 2 heterocycles. The van der Waals surface area contributed by atoms with Crippen molar-refractivity contribution < 1.29 is 9.18 Å². The first kappa shape index (κ1) is 17.3. The van der Waals surface area contributed by atoms with Crippen molar-refractivity contribution >= 4 is 28.7 Å². The topological polar surface area (TPSA) is 44.4 Å². The van der Waals surface area contributed by atoms with Crippen LogP contribution in [-0.4, -0.2) is 25.2 Å². The molecule has 1 aliphatic carbocycles. The number of fused-ring (bicyclic) bond motifs is 1. The summed E-state index contributed by atoms with van der Waals surface area (Å²) in [5, 5.41) is 8.10. The fourth-order valence-corrected chi connectivity index (χ4v) is 4.84. The van der Waals surface area contributed by atoms with Gasteiger partial charge >= 0.3 is 6.03 Å². The number of hydrogen-bond acceptors (Lipinski definition) is 3. The standard InChI is InChI=1S/C22H20FN3OS/c23-15-6-8-17(9-7-15)26-12-18-19(13-26)21(18)25-22(27)24-16-4-1-3-14(11-16)20-5-2-10-28-20/h1-11,18-19,21H,12-13H2,(H2,24,25,27). The predicted molar refractivity (Wildman–Crippen MR) is 111 cm³/mol.